The number of nitrogens with one attached hydrogen (secondary N) is 1. The molecule has 2 rings (SSSR count). The van der Waals surface area contributed by atoms with Crippen LogP contribution in [0.2, 0.25) is 0 Å². The number of aliphatic hydroxyl groups excluding tert-OH is 1. The van der Waals surface area contributed by atoms with E-state index < -0.39 is 6.10 Å². The van der Waals surface area contributed by atoms with Crippen molar-refractivity contribution in [3.63, 3.8) is 0 Å². The van der Waals surface area contributed by atoms with Crippen molar-refractivity contribution in [2.45, 2.75) is 64.1 Å². The molecule has 1 saturated carbocycles. The minimum atomic E-state index is -0.402. The van der Waals surface area contributed by atoms with E-state index in [1.54, 1.807) is 0 Å². The number of aromatic nitrogens is 1. The predicted octanol–water partition coefficient (Wildman–Crippen LogP) is 2.32. The number of aryl methyl sites for hydroxylation is 1. The fourth-order valence-corrected chi connectivity index (χ4v) is 2.75. The van der Waals surface area contributed by atoms with Gasteiger partial charge in [-0.15, -0.1) is 0 Å². The van der Waals surface area contributed by atoms with Crippen LogP contribution in [-0.4, -0.2) is 27.7 Å². The lowest BCUT2D eigenvalue weighted by Gasteiger charge is -2.22. The monoisotopic (exact) mass is 264 g/mol. The first-order valence-electron chi connectivity index (χ1n) is 7.36. The van der Waals surface area contributed by atoms with E-state index in [9.17, 15) is 9.90 Å². The molecule has 2 unspecified atom stereocenters. The number of carbonyl (C=O) groups excluding carboxylic acids is 1. The summed E-state index contributed by atoms with van der Waals surface area (Å²) >= 11 is 0. The van der Waals surface area contributed by atoms with Crippen LogP contribution in [-0.2, 0) is 6.54 Å². The summed E-state index contributed by atoms with van der Waals surface area (Å²) in [5.74, 6) is -0.0654. The number of amides is 1. The van der Waals surface area contributed by atoms with Gasteiger partial charge in [-0.2, -0.15) is 0 Å². The Morgan fingerprint density at radius 3 is 3.00 bits per heavy atom. The third-order valence-electron chi connectivity index (χ3n) is 3.82. The second-order valence-corrected chi connectivity index (χ2v) is 5.37. The van der Waals surface area contributed by atoms with Crippen LogP contribution in [0, 0.1) is 0 Å². The van der Waals surface area contributed by atoms with Gasteiger partial charge in [-0.05, 0) is 31.4 Å². The molecule has 1 aromatic rings. The summed E-state index contributed by atoms with van der Waals surface area (Å²) in [6.45, 7) is 2.94. The van der Waals surface area contributed by atoms with Crippen LogP contribution in [0.5, 0.6) is 0 Å². The molecule has 4 heteroatoms. The highest BCUT2D eigenvalue weighted by Crippen LogP contribution is 2.18. The molecular weight excluding hydrogens is 240 g/mol. The third kappa shape index (κ3) is 3.60. The Hall–Kier alpha value is -1.29. The van der Waals surface area contributed by atoms with E-state index >= 15 is 0 Å². The van der Waals surface area contributed by atoms with Crippen LogP contribution in [0.3, 0.4) is 0 Å². The maximum Gasteiger partial charge on any atom is 0.268 e. The molecule has 1 fully saturated rings. The van der Waals surface area contributed by atoms with Crippen molar-refractivity contribution >= 4 is 5.91 Å². The smallest absolute Gasteiger partial charge is 0.268 e. The first-order chi connectivity index (χ1) is 9.22. The van der Waals surface area contributed by atoms with Crippen LogP contribution in [0.4, 0.5) is 0 Å². The Labute approximate surface area is 114 Å². The van der Waals surface area contributed by atoms with Crippen molar-refractivity contribution in [2.24, 2.45) is 0 Å². The maximum atomic E-state index is 12.3. The van der Waals surface area contributed by atoms with E-state index in [1.807, 2.05) is 22.9 Å². The number of hydrogen-bond acceptors (Lipinski definition) is 2. The molecule has 1 aliphatic carbocycles. The first kappa shape index (κ1) is 14.1. The molecule has 1 heterocycles. The van der Waals surface area contributed by atoms with Crippen LogP contribution in [0.15, 0.2) is 18.3 Å². The summed E-state index contributed by atoms with van der Waals surface area (Å²) in [5.41, 5.74) is 0.693. The molecule has 19 heavy (non-hydrogen) atoms. The lowest BCUT2D eigenvalue weighted by Crippen LogP contribution is -2.43. The van der Waals surface area contributed by atoms with Gasteiger partial charge in [0.05, 0.1) is 12.1 Å². The minimum absolute atomic E-state index is 0.0654. The molecule has 1 amide bonds. The van der Waals surface area contributed by atoms with Gasteiger partial charge in [-0.25, -0.2) is 0 Å². The second-order valence-electron chi connectivity index (χ2n) is 5.37. The Morgan fingerprint density at radius 1 is 1.42 bits per heavy atom. The largest absolute Gasteiger partial charge is 0.391 e. The predicted molar refractivity (Wildman–Crippen MR) is 75.1 cm³/mol. The average molecular weight is 264 g/mol. The quantitative estimate of drug-likeness (QED) is 0.820. The summed E-state index contributed by atoms with van der Waals surface area (Å²) < 4.78 is 1.97. The average Bonchev–Trinajstić information content (AvgIpc) is 2.76. The molecule has 2 N–H and O–H groups in total. The number of aliphatic hydroxyl groups is 1. The molecular formula is C15H24N2O2. The summed E-state index contributed by atoms with van der Waals surface area (Å²) in [5, 5.41) is 13.0. The number of hydrogen-bond donors (Lipinski definition) is 2. The summed E-state index contributed by atoms with van der Waals surface area (Å²) in [6.07, 6.45) is 7.49. The molecule has 0 spiro atoms. The highest BCUT2D eigenvalue weighted by molar-refractivity contribution is 5.93. The normalized spacial score (nSPS) is 23.9. The fourth-order valence-electron chi connectivity index (χ4n) is 2.75. The lowest BCUT2D eigenvalue weighted by atomic mass is 10.1. The molecule has 0 aromatic carbocycles. The van der Waals surface area contributed by atoms with Gasteiger partial charge in [0, 0.05) is 12.7 Å². The standard InChI is InChI=1S/C15H24N2O2/c1-2-10-17-11-6-8-13(17)15(19)16-12-7-4-3-5-9-14(12)18/h6,8,11-12,14,18H,2-5,7,9-10H2,1H3,(H,16,19). The van der Waals surface area contributed by atoms with Crippen molar-refractivity contribution in [1.82, 2.24) is 9.88 Å². The first-order valence-corrected chi connectivity index (χ1v) is 7.36. The molecule has 0 radical (unpaired) electrons. The van der Waals surface area contributed by atoms with E-state index in [4.69, 9.17) is 0 Å². The van der Waals surface area contributed by atoms with Crippen molar-refractivity contribution in [3.05, 3.63) is 24.0 Å². The van der Waals surface area contributed by atoms with Crippen molar-refractivity contribution in [2.75, 3.05) is 0 Å². The van der Waals surface area contributed by atoms with Crippen molar-refractivity contribution in [1.29, 1.82) is 0 Å². The zero-order valence-corrected chi connectivity index (χ0v) is 11.6. The van der Waals surface area contributed by atoms with Gasteiger partial charge >= 0.3 is 0 Å². The minimum Gasteiger partial charge on any atom is -0.391 e. The molecule has 0 bridgehead atoms. The van der Waals surface area contributed by atoms with Crippen LogP contribution >= 0.6 is 0 Å². The number of rotatable bonds is 4. The topological polar surface area (TPSA) is 54.3 Å². The van der Waals surface area contributed by atoms with E-state index in [1.165, 1.54) is 0 Å². The van der Waals surface area contributed by atoms with Crippen LogP contribution < -0.4 is 5.32 Å². The summed E-state index contributed by atoms with van der Waals surface area (Å²) in [4.78, 5) is 12.3. The van der Waals surface area contributed by atoms with E-state index in [0.717, 1.165) is 45.1 Å². The van der Waals surface area contributed by atoms with E-state index in [2.05, 4.69) is 12.2 Å². The van der Waals surface area contributed by atoms with Gasteiger partial charge in [-0.1, -0.05) is 26.2 Å². The number of carbonyl (C=O) groups is 1. The van der Waals surface area contributed by atoms with Crippen LogP contribution in [0.25, 0.3) is 0 Å². The molecule has 1 aliphatic rings. The molecule has 0 aliphatic heterocycles. The zero-order chi connectivity index (χ0) is 13.7. The Morgan fingerprint density at radius 2 is 2.21 bits per heavy atom. The Bertz CT molecular complexity index is 414. The second kappa shape index (κ2) is 6.75. The van der Waals surface area contributed by atoms with E-state index in [-0.39, 0.29) is 11.9 Å². The zero-order valence-electron chi connectivity index (χ0n) is 11.6. The van der Waals surface area contributed by atoms with Crippen molar-refractivity contribution in [3.8, 4) is 0 Å². The number of nitrogens with zero attached hydrogens (tertiary/aromatic N) is 1. The molecule has 2 atom stereocenters. The maximum absolute atomic E-state index is 12.3. The van der Waals surface area contributed by atoms with Crippen molar-refractivity contribution < 1.29 is 9.90 Å². The van der Waals surface area contributed by atoms with Gasteiger partial charge in [0.2, 0.25) is 0 Å². The Balaban J connectivity index is 2.01. The SMILES string of the molecule is CCCn1cccc1C(=O)NC1CCCCCC1O. The van der Waals surface area contributed by atoms with Gasteiger partial charge in [-0.3, -0.25) is 4.79 Å². The van der Waals surface area contributed by atoms with Gasteiger partial charge < -0.3 is 15.0 Å². The van der Waals surface area contributed by atoms with Crippen LogP contribution in [0.1, 0.15) is 55.9 Å². The molecule has 1 aromatic heterocycles. The Kier molecular flexibility index (Phi) is 5.02. The van der Waals surface area contributed by atoms with E-state index in [0.29, 0.717) is 5.69 Å². The molecule has 0 saturated heterocycles. The fraction of sp³-hybridized carbons (Fsp3) is 0.667. The summed E-state index contributed by atoms with van der Waals surface area (Å²) in [6, 6.07) is 3.64. The summed E-state index contributed by atoms with van der Waals surface area (Å²) in [7, 11) is 0. The van der Waals surface area contributed by atoms with Gasteiger partial charge in [0.25, 0.3) is 5.91 Å². The molecule has 106 valence electrons. The lowest BCUT2D eigenvalue weighted by molar-refractivity contribution is 0.0810. The van der Waals surface area contributed by atoms with Gasteiger partial charge in [0.1, 0.15) is 5.69 Å². The highest BCUT2D eigenvalue weighted by atomic mass is 16.3. The van der Waals surface area contributed by atoms with Gasteiger partial charge in [0.15, 0.2) is 0 Å². The third-order valence-corrected chi connectivity index (χ3v) is 3.82. The highest BCUT2D eigenvalue weighted by Gasteiger charge is 2.24. The molecule has 4 nitrogen and oxygen atoms in total.